The van der Waals surface area contributed by atoms with Gasteiger partial charge >= 0.3 is 6.09 Å². The van der Waals surface area contributed by atoms with E-state index in [0.717, 1.165) is 5.56 Å². The molecule has 21 heteroatoms. The molecule has 0 heterocycles. The smallest absolute Gasteiger partial charge is 0.407 e. The summed E-state index contributed by atoms with van der Waals surface area (Å²) in [5.41, 5.74) is 19.3. The molecule has 0 saturated carbocycles. The maximum Gasteiger partial charge on any atom is 0.407 e. The topological polar surface area (TPSA) is 341 Å². The minimum absolute atomic E-state index is 0.00852. The predicted octanol–water partition coefficient (Wildman–Crippen LogP) is -1.29. The standard InChI is InChI=1S/C48H59N11O10/c49-42(63)36(24-31-14-5-1-6-15-31)57-43(64)35(22-13-23-52-47(50)51)56-45(66)38(26-33-18-9-3-10-19-33)58-46(67)39(29-60)59-44(65)37(25-32-16-7-2-8-17-32)55-41(62)28-53-40(61)27-54-48(68)69-30-34-20-11-4-12-21-34/h1-12,14-21,35-39,60H,13,22-30H2,(H2,49,63)(H,53,61)(H,54,68)(H,55,62)(H,56,66)(H,57,64)(H,58,67)(H,59,65)(H4,50,51,52)/t35-,36-,37-,38-,39-/m0/s1. The Morgan fingerprint density at radius 3 is 1.39 bits per heavy atom. The van der Waals surface area contributed by atoms with Gasteiger partial charge in [0.2, 0.25) is 41.4 Å². The largest absolute Gasteiger partial charge is 0.445 e. The highest BCUT2D eigenvalue weighted by Gasteiger charge is 2.32. The number of nitrogens with two attached hydrogens (primary N) is 3. The number of carbonyl (C=O) groups is 8. The molecule has 21 nitrogen and oxygen atoms in total. The van der Waals surface area contributed by atoms with E-state index in [1.807, 2.05) is 6.07 Å². The van der Waals surface area contributed by atoms with E-state index < -0.39 is 97.3 Å². The third-order valence-corrected chi connectivity index (χ3v) is 10.2. The molecule has 14 N–H and O–H groups in total. The van der Waals surface area contributed by atoms with E-state index in [1.165, 1.54) is 0 Å². The van der Waals surface area contributed by atoms with Crippen LogP contribution in [0.25, 0.3) is 0 Å². The van der Waals surface area contributed by atoms with Crippen molar-refractivity contribution in [3.05, 3.63) is 144 Å². The average Bonchev–Trinajstić information content (AvgIpc) is 3.34. The Morgan fingerprint density at radius 2 is 0.899 bits per heavy atom. The fourth-order valence-corrected chi connectivity index (χ4v) is 6.66. The van der Waals surface area contributed by atoms with E-state index in [9.17, 15) is 43.5 Å². The van der Waals surface area contributed by atoms with Gasteiger partial charge in [-0.05, 0) is 35.1 Å². The van der Waals surface area contributed by atoms with Crippen LogP contribution in [-0.4, -0.2) is 115 Å². The number of nitrogens with one attached hydrogen (secondary N) is 7. The molecule has 0 aliphatic rings. The molecule has 4 rings (SSSR count). The number of rotatable bonds is 27. The van der Waals surface area contributed by atoms with Crippen molar-refractivity contribution in [2.45, 2.75) is 68.9 Å². The van der Waals surface area contributed by atoms with Gasteiger partial charge in [-0.2, -0.15) is 0 Å². The third-order valence-electron chi connectivity index (χ3n) is 10.2. The first-order chi connectivity index (χ1) is 33.2. The minimum Gasteiger partial charge on any atom is -0.445 e. The quantitative estimate of drug-likeness (QED) is 0.0189. The van der Waals surface area contributed by atoms with E-state index in [1.54, 1.807) is 115 Å². The highest BCUT2D eigenvalue weighted by Crippen LogP contribution is 2.10. The van der Waals surface area contributed by atoms with Crippen molar-refractivity contribution in [3.8, 4) is 0 Å². The summed E-state index contributed by atoms with van der Waals surface area (Å²) >= 11 is 0. The van der Waals surface area contributed by atoms with Crippen molar-refractivity contribution in [2.75, 3.05) is 26.2 Å². The summed E-state index contributed by atoms with van der Waals surface area (Å²) < 4.78 is 5.08. The van der Waals surface area contributed by atoms with E-state index >= 15 is 0 Å². The van der Waals surface area contributed by atoms with Crippen molar-refractivity contribution in [1.82, 2.24) is 37.2 Å². The Morgan fingerprint density at radius 1 is 0.493 bits per heavy atom. The van der Waals surface area contributed by atoms with Gasteiger partial charge in [0.15, 0.2) is 5.96 Å². The number of hydrogen-bond donors (Lipinski definition) is 11. The second kappa shape index (κ2) is 28.7. The summed E-state index contributed by atoms with van der Waals surface area (Å²) in [6, 6.07) is 28.1. The molecule has 8 amide bonds. The summed E-state index contributed by atoms with van der Waals surface area (Å²) in [4.78, 5) is 110. The maximum atomic E-state index is 14.2. The normalized spacial score (nSPS) is 12.8. The second-order valence-corrected chi connectivity index (χ2v) is 15.7. The van der Waals surface area contributed by atoms with Crippen molar-refractivity contribution >= 4 is 53.4 Å². The first kappa shape index (κ1) is 53.3. The third kappa shape index (κ3) is 20.0. The van der Waals surface area contributed by atoms with Crippen molar-refractivity contribution in [1.29, 1.82) is 0 Å². The lowest BCUT2D eigenvalue weighted by Gasteiger charge is -2.27. The van der Waals surface area contributed by atoms with E-state index in [2.05, 4.69) is 42.2 Å². The van der Waals surface area contributed by atoms with Crippen LogP contribution in [0.15, 0.2) is 126 Å². The zero-order chi connectivity index (χ0) is 50.0. The van der Waals surface area contributed by atoms with Gasteiger partial charge in [-0.25, -0.2) is 4.79 Å². The Kier molecular flexibility index (Phi) is 22.1. The predicted molar refractivity (Wildman–Crippen MR) is 254 cm³/mol. The number of aliphatic hydroxyl groups excluding tert-OH is 1. The fourth-order valence-electron chi connectivity index (χ4n) is 6.66. The average molecular weight is 950 g/mol. The number of carbonyl (C=O) groups excluding carboxylic acids is 8. The molecule has 366 valence electrons. The van der Waals surface area contributed by atoms with Crippen molar-refractivity contribution < 1.29 is 48.2 Å². The van der Waals surface area contributed by atoms with Crippen molar-refractivity contribution in [2.24, 2.45) is 22.2 Å². The Balaban J connectivity index is 1.44. The van der Waals surface area contributed by atoms with Gasteiger partial charge in [0.05, 0.1) is 13.2 Å². The molecule has 5 atom stereocenters. The molecule has 0 unspecified atom stereocenters. The molecule has 4 aromatic carbocycles. The maximum absolute atomic E-state index is 14.2. The second-order valence-electron chi connectivity index (χ2n) is 15.7. The molecule has 4 aromatic rings. The number of benzene rings is 4. The van der Waals surface area contributed by atoms with Gasteiger partial charge in [0, 0.05) is 25.8 Å². The number of aliphatic imine (C=N–C) groups is 1. The molecule has 0 radical (unpaired) electrons. The van der Waals surface area contributed by atoms with Gasteiger partial charge < -0.3 is 64.3 Å². The highest BCUT2D eigenvalue weighted by atomic mass is 16.5. The van der Waals surface area contributed by atoms with Crippen LogP contribution in [0.5, 0.6) is 0 Å². The van der Waals surface area contributed by atoms with E-state index in [4.69, 9.17) is 21.9 Å². The van der Waals surface area contributed by atoms with Gasteiger partial charge in [-0.3, -0.25) is 38.6 Å². The lowest BCUT2D eigenvalue weighted by molar-refractivity contribution is -0.135. The first-order valence-electron chi connectivity index (χ1n) is 22.0. The van der Waals surface area contributed by atoms with Crippen LogP contribution in [0.2, 0.25) is 0 Å². The molecule has 0 aliphatic heterocycles. The lowest BCUT2D eigenvalue weighted by atomic mass is 10.0. The monoisotopic (exact) mass is 949 g/mol. The number of primary amides is 1. The molecule has 0 saturated heterocycles. The number of amides is 8. The SMILES string of the molecule is NC(=O)[C@H](Cc1ccccc1)NC(=O)[C@H](CCCN=C(N)N)NC(=O)[C@H](Cc1ccccc1)NC(=O)[C@H](CO)NC(=O)[C@H](Cc1ccccc1)NC(=O)CNC(=O)CNC(=O)OCc1ccccc1. The molecule has 0 fully saturated rings. The highest BCUT2D eigenvalue weighted by molar-refractivity contribution is 5.97. The molecule has 0 bridgehead atoms. The van der Waals surface area contributed by atoms with Gasteiger partial charge in [-0.1, -0.05) is 121 Å². The van der Waals surface area contributed by atoms with Crippen LogP contribution < -0.4 is 54.4 Å². The number of ether oxygens (including phenoxy) is 1. The summed E-state index contributed by atoms with van der Waals surface area (Å²) in [6.07, 6.45) is -0.768. The fraction of sp³-hybridized carbons (Fsp3) is 0.312. The summed E-state index contributed by atoms with van der Waals surface area (Å²) in [6.45, 7) is -1.97. The number of alkyl carbamates (subject to hydrolysis) is 1. The van der Waals surface area contributed by atoms with Crippen LogP contribution in [0.4, 0.5) is 4.79 Å². The minimum atomic E-state index is -1.65. The van der Waals surface area contributed by atoms with Crippen LogP contribution in [0, 0.1) is 0 Å². The summed E-state index contributed by atoms with van der Waals surface area (Å²) in [7, 11) is 0. The van der Waals surface area contributed by atoms with E-state index in [0.29, 0.717) is 16.7 Å². The lowest BCUT2D eigenvalue weighted by Crippen LogP contribution is -2.60. The Labute approximate surface area is 398 Å². The van der Waals surface area contributed by atoms with Crippen molar-refractivity contribution in [3.63, 3.8) is 0 Å². The zero-order valence-electron chi connectivity index (χ0n) is 37.8. The number of guanidine groups is 1. The molecule has 0 aromatic heterocycles. The Hall–Kier alpha value is -8.33. The van der Waals surface area contributed by atoms with E-state index in [-0.39, 0.29) is 51.2 Å². The number of nitrogens with zero attached hydrogens (tertiary/aromatic N) is 1. The Bertz CT molecular complexity index is 2340. The molecule has 0 aliphatic carbocycles. The van der Waals surface area contributed by atoms with Crippen LogP contribution in [-0.2, 0) is 64.2 Å². The van der Waals surface area contributed by atoms with Gasteiger partial charge in [-0.15, -0.1) is 0 Å². The van der Waals surface area contributed by atoms with Gasteiger partial charge in [0.1, 0.15) is 43.4 Å². The molecular weight excluding hydrogens is 891 g/mol. The van der Waals surface area contributed by atoms with Gasteiger partial charge in [0.25, 0.3) is 0 Å². The summed E-state index contributed by atoms with van der Waals surface area (Å²) in [5, 5.41) is 27.9. The van der Waals surface area contributed by atoms with Crippen LogP contribution in [0.1, 0.15) is 35.1 Å². The number of hydrogen-bond acceptors (Lipinski definition) is 11. The first-order valence-corrected chi connectivity index (χ1v) is 22.0. The zero-order valence-corrected chi connectivity index (χ0v) is 37.8. The van der Waals surface area contributed by atoms with Crippen LogP contribution >= 0.6 is 0 Å². The molecule has 69 heavy (non-hydrogen) atoms. The van der Waals surface area contributed by atoms with Crippen LogP contribution in [0.3, 0.4) is 0 Å². The molecular formula is C48H59N11O10. The number of aliphatic hydroxyl groups is 1. The summed E-state index contributed by atoms with van der Waals surface area (Å²) in [5.74, 6) is -5.98. The molecule has 0 spiro atoms.